The summed E-state index contributed by atoms with van der Waals surface area (Å²) in [5.74, 6) is 0.890. The predicted molar refractivity (Wildman–Crippen MR) is 74.0 cm³/mol. The number of likely N-dealkylation sites (tertiary alicyclic amines) is 1. The topological polar surface area (TPSA) is 44.7 Å². The summed E-state index contributed by atoms with van der Waals surface area (Å²) in [6.07, 6.45) is 4.39. The van der Waals surface area contributed by atoms with Crippen LogP contribution in [-0.4, -0.2) is 30.4 Å². The molecule has 1 heterocycles. The highest BCUT2D eigenvalue weighted by molar-refractivity contribution is 5.99. The summed E-state index contributed by atoms with van der Waals surface area (Å²) in [6, 6.07) is 9.12. The number of benzene rings is 1. The number of para-hydroxylation sites is 1. The second kappa shape index (κ2) is 6.19. The van der Waals surface area contributed by atoms with Gasteiger partial charge in [0.1, 0.15) is 5.84 Å². The minimum atomic E-state index is -0.287. The predicted octanol–water partition coefficient (Wildman–Crippen LogP) is 3.12. The number of amides is 2. The normalized spacial score (nSPS) is 18.5. The fourth-order valence-electron chi connectivity index (χ4n) is 2.06. The average Bonchev–Trinajstić information content (AvgIpc) is 2.56. The lowest BCUT2D eigenvalue weighted by atomic mass is 10.2. The lowest BCUT2D eigenvalue weighted by Crippen LogP contribution is -2.27. The Morgan fingerprint density at radius 3 is 2.78 bits per heavy atom. The standard InChI is InChI=1S/C14H19N3O/c1-17-11-7-3-6-10-13(17)16-14(18)15-12-8-4-2-5-9-12/h2,4-5,8-9H,3,6-7,10-11H2,1H3,(H,15,18). The summed E-state index contributed by atoms with van der Waals surface area (Å²) in [5.41, 5.74) is 0.781. The van der Waals surface area contributed by atoms with Gasteiger partial charge in [-0.05, 0) is 25.0 Å². The third-order valence-corrected chi connectivity index (χ3v) is 3.09. The molecule has 0 aliphatic carbocycles. The number of carbonyl (C=O) groups excluding carboxylic acids is 1. The molecule has 0 saturated carbocycles. The maximum atomic E-state index is 11.8. The Bertz CT molecular complexity index is 428. The van der Waals surface area contributed by atoms with Gasteiger partial charge in [0.05, 0.1) is 0 Å². The van der Waals surface area contributed by atoms with Crippen LogP contribution in [0.15, 0.2) is 35.3 Å². The Morgan fingerprint density at radius 1 is 1.22 bits per heavy atom. The van der Waals surface area contributed by atoms with E-state index in [-0.39, 0.29) is 6.03 Å². The Kier molecular flexibility index (Phi) is 4.34. The molecule has 0 unspecified atom stereocenters. The first-order valence-corrected chi connectivity index (χ1v) is 6.40. The summed E-state index contributed by atoms with van der Waals surface area (Å²) >= 11 is 0. The zero-order chi connectivity index (χ0) is 12.8. The van der Waals surface area contributed by atoms with Crippen LogP contribution >= 0.6 is 0 Å². The molecule has 18 heavy (non-hydrogen) atoms. The molecule has 0 atom stereocenters. The van der Waals surface area contributed by atoms with Gasteiger partial charge < -0.3 is 10.2 Å². The van der Waals surface area contributed by atoms with Crippen LogP contribution in [0.5, 0.6) is 0 Å². The van der Waals surface area contributed by atoms with Crippen LogP contribution < -0.4 is 5.32 Å². The Labute approximate surface area is 108 Å². The number of hydrogen-bond acceptors (Lipinski definition) is 1. The molecule has 2 rings (SSSR count). The van der Waals surface area contributed by atoms with Gasteiger partial charge in [-0.1, -0.05) is 24.6 Å². The first kappa shape index (κ1) is 12.6. The van der Waals surface area contributed by atoms with Gasteiger partial charge in [-0.25, -0.2) is 4.79 Å². The second-order valence-electron chi connectivity index (χ2n) is 4.56. The van der Waals surface area contributed by atoms with E-state index < -0.39 is 0 Å². The van der Waals surface area contributed by atoms with Crippen molar-refractivity contribution in [2.45, 2.75) is 25.7 Å². The highest BCUT2D eigenvalue weighted by Crippen LogP contribution is 2.11. The van der Waals surface area contributed by atoms with Crippen LogP contribution in [0.2, 0.25) is 0 Å². The van der Waals surface area contributed by atoms with Crippen LogP contribution in [0.4, 0.5) is 10.5 Å². The molecule has 1 aliphatic heterocycles. The van der Waals surface area contributed by atoms with Crippen LogP contribution in [0.3, 0.4) is 0 Å². The highest BCUT2D eigenvalue weighted by atomic mass is 16.2. The molecule has 1 saturated heterocycles. The number of nitrogens with one attached hydrogen (secondary N) is 1. The molecule has 4 heteroatoms. The maximum absolute atomic E-state index is 11.8. The molecule has 96 valence electrons. The quantitative estimate of drug-likeness (QED) is 0.826. The molecule has 1 aliphatic rings. The zero-order valence-electron chi connectivity index (χ0n) is 10.7. The minimum Gasteiger partial charge on any atom is -0.363 e. The van der Waals surface area contributed by atoms with E-state index in [9.17, 15) is 4.79 Å². The lowest BCUT2D eigenvalue weighted by molar-refractivity contribution is 0.259. The molecule has 0 bridgehead atoms. The molecule has 1 fully saturated rings. The van der Waals surface area contributed by atoms with Gasteiger partial charge in [-0.3, -0.25) is 0 Å². The largest absolute Gasteiger partial charge is 0.363 e. The van der Waals surface area contributed by atoms with Gasteiger partial charge in [-0.2, -0.15) is 4.99 Å². The van der Waals surface area contributed by atoms with E-state index in [1.165, 1.54) is 12.8 Å². The van der Waals surface area contributed by atoms with Crippen LogP contribution in [0.25, 0.3) is 0 Å². The molecule has 0 aromatic heterocycles. The number of aliphatic imine (C=N–C) groups is 1. The molecule has 1 aromatic rings. The number of carbonyl (C=O) groups is 1. The van der Waals surface area contributed by atoms with Crippen molar-refractivity contribution in [2.75, 3.05) is 18.9 Å². The Balaban J connectivity index is 2.00. The molecule has 1 N–H and O–H groups in total. The van der Waals surface area contributed by atoms with Gasteiger partial charge in [0.15, 0.2) is 0 Å². The van der Waals surface area contributed by atoms with E-state index >= 15 is 0 Å². The number of nitrogens with zero attached hydrogens (tertiary/aromatic N) is 2. The summed E-state index contributed by atoms with van der Waals surface area (Å²) in [4.78, 5) is 18.1. The summed E-state index contributed by atoms with van der Waals surface area (Å²) in [5, 5.41) is 2.78. The van der Waals surface area contributed by atoms with Crippen molar-refractivity contribution in [3.63, 3.8) is 0 Å². The monoisotopic (exact) mass is 245 g/mol. The molecule has 0 spiro atoms. The first-order chi connectivity index (χ1) is 8.75. The van der Waals surface area contributed by atoms with E-state index in [1.54, 1.807) is 0 Å². The first-order valence-electron chi connectivity index (χ1n) is 6.40. The zero-order valence-corrected chi connectivity index (χ0v) is 10.7. The van der Waals surface area contributed by atoms with Crippen molar-refractivity contribution in [3.8, 4) is 0 Å². The molecular weight excluding hydrogens is 226 g/mol. The maximum Gasteiger partial charge on any atom is 0.347 e. The van der Waals surface area contributed by atoms with Crippen molar-refractivity contribution in [2.24, 2.45) is 4.99 Å². The fourth-order valence-corrected chi connectivity index (χ4v) is 2.06. The van der Waals surface area contributed by atoms with Crippen molar-refractivity contribution >= 4 is 17.6 Å². The van der Waals surface area contributed by atoms with Gasteiger partial charge in [0.25, 0.3) is 0 Å². The minimum absolute atomic E-state index is 0.287. The van der Waals surface area contributed by atoms with E-state index in [4.69, 9.17) is 0 Å². The summed E-state index contributed by atoms with van der Waals surface area (Å²) in [7, 11) is 2.00. The van der Waals surface area contributed by atoms with E-state index in [2.05, 4.69) is 15.2 Å². The third-order valence-electron chi connectivity index (χ3n) is 3.09. The third kappa shape index (κ3) is 3.58. The van der Waals surface area contributed by atoms with E-state index in [0.29, 0.717) is 0 Å². The average molecular weight is 245 g/mol. The van der Waals surface area contributed by atoms with Crippen molar-refractivity contribution < 1.29 is 4.79 Å². The van der Waals surface area contributed by atoms with Crippen molar-refractivity contribution in [1.29, 1.82) is 0 Å². The highest BCUT2D eigenvalue weighted by Gasteiger charge is 2.12. The number of anilines is 1. The molecular formula is C14H19N3O. The van der Waals surface area contributed by atoms with Gasteiger partial charge >= 0.3 is 6.03 Å². The molecule has 4 nitrogen and oxygen atoms in total. The fraction of sp³-hybridized carbons (Fsp3) is 0.429. The lowest BCUT2D eigenvalue weighted by Gasteiger charge is -2.17. The van der Waals surface area contributed by atoms with Crippen LogP contribution in [0, 0.1) is 0 Å². The number of rotatable bonds is 1. The number of urea groups is 1. The van der Waals surface area contributed by atoms with Gasteiger partial charge in [-0.15, -0.1) is 0 Å². The Hall–Kier alpha value is -1.84. The molecule has 2 amide bonds. The van der Waals surface area contributed by atoms with Crippen LogP contribution in [0.1, 0.15) is 25.7 Å². The summed E-state index contributed by atoms with van der Waals surface area (Å²) < 4.78 is 0. The SMILES string of the molecule is CN1CCCCCC1=NC(=O)Nc1ccccc1. The molecule has 1 aromatic carbocycles. The number of amidine groups is 1. The van der Waals surface area contributed by atoms with Gasteiger partial charge in [0.2, 0.25) is 0 Å². The van der Waals surface area contributed by atoms with E-state index in [1.807, 2.05) is 37.4 Å². The molecule has 0 radical (unpaired) electrons. The smallest absolute Gasteiger partial charge is 0.347 e. The van der Waals surface area contributed by atoms with Crippen molar-refractivity contribution in [1.82, 2.24) is 4.90 Å². The second-order valence-corrected chi connectivity index (χ2v) is 4.56. The van der Waals surface area contributed by atoms with Crippen LogP contribution in [-0.2, 0) is 0 Å². The number of hydrogen-bond donors (Lipinski definition) is 1. The Morgan fingerprint density at radius 2 is 2.00 bits per heavy atom. The summed E-state index contributed by atoms with van der Waals surface area (Å²) in [6.45, 7) is 0.984. The van der Waals surface area contributed by atoms with Crippen molar-refractivity contribution in [3.05, 3.63) is 30.3 Å². The van der Waals surface area contributed by atoms with E-state index in [0.717, 1.165) is 30.9 Å². The van der Waals surface area contributed by atoms with Gasteiger partial charge in [0, 0.05) is 25.7 Å².